The maximum atomic E-state index is 12.3. The van der Waals surface area contributed by atoms with Gasteiger partial charge in [-0.3, -0.25) is 4.79 Å². The Morgan fingerprint density at radius 1 is 1.47 bits per heavy atom. The maximum Gasteiger partial charge on any atom is 0.407 e. The van der Waals surface area contributed by atoms with Crippen LogP contribution < -0.4 is 10.6 Å². The second kappa shape index (κ2) is 9.53. The third kappa shape index (κ3) is 5.07. The second-order valence-electron chi connectivity index (χ2n) is 7.25. The van der Waals surface area contributed by atoms with E-state index in [1.807, 2.05) is 0 Å². The lowest BCUT2D eigenvalue weighted by Crippen LogP contribution is -2.31. The summed E-state index contributed by atoms with van der Waals surface area (Å²) >= 11 is 1.34. The molecule has 0 aromatic carbocycles. The maximum absolute atomic E-state index is 12.3. The van der Waals surface area contributed by atoms with Crippen LogP contribution in [0.3, 0.4) is 0 Å². The van der Waals surface area contributed by atoms with Crippen molar-refractivity contribution in [2.75, 3.05) is 5.32 Å². The van der Waals surface area contributed by atoms with Gasteiger partial charge in [-0.2, -0.15) is 5.26 Å². The third-order valence-corrected chi connectivity index (χ3v) is 6.07. The van der Waals surface area contributed by atoms with Crippen LogP contribution in [0, 0.1) is 18.3 Å². The molecule has 0 spiro atoms. The monoisotopic (exact) mass is 452 g/mol. The van der Waals surface area contributed by atoms with E-state index in [1.165, 1.54) is 29.9 Å². The topological polar surface area (TPSA) is 130 Å². The fourth-order valence-electron chi connectivity index (χ4n) is 3.41. The Kier molecular flexibility index (Phi) is 6.37. The van der Waals surface area contributed by atoms with Crippen LogP contribution in [-0.2, 0) is 28.9 Å². The smallest absolute Gasteiger partial charge is 0.407 e. The Bertz CT molecular complexity index is 1190. The van der Waals surface area contributed by atoms with Crippen molar-refractivity contribution in [3.8, 4) is 6.07 Å². The van der Waals surface area contributed by atoms with Crippen molar-refractivity contribution in [1.29, 1.82) is 5.26 Å². The molecular weight excluding hydrogens is 432 g/mol. The number of hydrogen-bond donors (Lipinski definition) is 2. The molecule has 9 nitrogen and oxygen atoms in total. The molecule has 3 aromatic heterocycles. The summed E-state index contributed by atoms with van der Waals surface area (Å²) in [6.45, 7) is 1.99. The van der Waals surface area contributed by atoms with E-state index in [-0.39, 0.29) is 18.6 Å². The lowest BCUT2D eigenvalue weighted by Gasteiger charge is -2.22. The van der Waals surface area contributed by atoms with Gasteiger partial charge in [0.1, 0.15) is 28.6 Å². The molecule has 1 atom stereocenters. The highest BCUT2D eigenvalue weighted by molar-refractivity contribution is 7.16. The van der Waals surface area contributed by atoms with Crippen LogP contribution in [-0.4, -0.2) is 23.3 Å². The van der Waals surface area contributed by atoms with Crippen molar-refractivity contribution in [1.82, 2.24) is 10.5 Å². The Morgan fingerprint density at radius 3 is 3.06 bits per heavy atom. The Morgan fingerprint density at radius 2 is 2.34 bits per heavy atom. The number of nitriles is 1. The molecule has 2 amide bonds. The highest BCUT2D eigenvalue weighted by Gasteiger charge is 2.28. The van der Waals surface area contributed by atoms with Crippen LogP contribution in [0.1, 0.15) is 39.4 Å². The van der Waals surface area contributed by atoms with Gasteiger partial charge in [0.15, 0.2) is 0 Å². The molecule has 0 fully saturated rings. The molecule has 3 heterocycles. The van der Waals surface area contributed by atoms with Crippen LogP contribution in [0.2, 0.25) is 0 Å². The van der Waals surface area contributed by atoms with Crippen LogP contribution in [0.15, 0.2) is 39.7 Å². The van der Waals surface area contributed by atoms with Crippen molar-refractivity contribution in [3.63, 3.8) is 0 Å². The summed E-state index contributed by atoms with van der Waals surface area (Å²) in [5, 5.41) is 19.4. The summed E-state index contributed by atoms with van der Waals surface area (Å²) in [7, 11) is 0. The minimum Gasteiger partial charge on any atom is -0.472 e. The van der Waals surface area contributed by atoms with Gasteiger partial charge in [0.05, 0.1) is 24.6 Å². The number of furan rings is 1. The van der Waals surface area contributed by atoms with Gasteiger partial charge < -0.3 is 24.3 Å². The molecule has 4 rings (SSSR count). The number of carbonyl (C=O) groups is 2. The van der Waals surface area contributed by atoms with Crippen molar-refractivity contribution < 1.29 is 23.3 Å². The van der Waals surface area contributed by atoms with Crippen molar-refractivity contribution in [3.05, 3.63) is 63.8 Å². The summed E-state index contributed by atoms with van der Waals surface area (Å²) in [5.41, 5.74) is 2.76. The van der Waals surface area contributed by atoms with E-state index in [4.69, 9.17) is 13.7 Å². The zero-order valence-corrected chi connectivity index (χ0v) is 18.0. The molecule has 32 heavy (non-hydrogen) atoms. The minimum atomic E-state index is -0.533. The van der Waals surface area contributed by atoms with Crippen molar-refractivity contribution in [2.45, 2.75) is 38.8 Å². The fourth-order valence-corrected chi connectivity index (χ4v) is 4.68. The van der Waals surface area contributed by atoms with Gasteiger partial charge in [0.25, 0.3) is 0 Å². The Hall–Kier alpha value is -3.84. The number of aryl methyl sites for hydroxylation is 1. The number of hydrogen-bond acceptors (Lipinski definition) is 8. The number of carbonyl (C=O) groups excluding carboxylic acids is 2. The van der Waals surface area contributed by atoms with Gasteiger partial charge in [-0.05, 0) is 37.5 Å². The number of thiophene rings is 1. The third-order valence-electron chi connectivity index (χ3n) is 4.90. The second-order valence-corrected chi connectivity index (χ2v) is 8.36. The molecule has 0 saturated carbocycles. The van der Waals surface area contributed by atoms with Gasteiger partial charge in [-0.25, -0.2) is 4.79 Å². The number of amides is 2. The molecule has 0 saturated heterocycles. The van der Waals surface area contributed by atoms with E-state index in [2.05, 4.69) is 21.9 Å². The summed E-state index contributed by atoms with van der Waals surface area (Å²) in [6.07, 6.45) is 6.90. The predicted octanol–water partition coefficient (Wildman–Crippen LogP) is 3.94. The molecule has 164 valence electrons. The SMILES string of the molecule is Cc1cc(CNC(=O)OC2CCc3c(sc(NC(=O)/C=C/c4ccoc4)c3C#N)C2)no1. The molecule has 1 unspecified atom stereocenters. The standard InChI is InChI=1S/C22H20N4O5S/c1-13-8-15(26-31-13)11-24-22(28)30-16-3-4-17-18(10-23)21(32-19(17)9-16)25-20(27)5-2-14-6-7-29-12-14/h2,5-8,12,16H,3-4,9,11H2,1H3,(H,24,28)(H,25,27)/b5-2+. The first-order valence-corrected chi connectivity index (χ1v) is 10.8. The van der Waals surface area contributed by atoms with Crippen molar-refractivity contribution >= 4 is 34.4 Å². The zero-order chi connectivity index (χ0) is 22.5. The summed E-state index contributed by atoms with van der Waals surface area (Å²) < 4.78 is 15.5. The highest BCUT2D eigenvalue weighted by atomic mass is 32.1. The van der Waals surface area contributed by atoms with Gasteiger partial charge in [-0.15, -0.1) is 11.3 Å². The van der Waals surface area contributed by atoms with Crippen LogP contribution in [0.25, 0.3) is 6.08 Å². The fraction of sp³-hybridized carbons (Fsp3) is 0.273. The van der Waals surface area contributed by atoms with Crippen LogP contribution in [0.5, 0.6) is 0 Å². The number of fused-ring (bicyclic) bond motifs is 1. The number of aromatic nitrogens is 1. The first kappa shape index (κ1) is 21.4. The molecule has 1 aliphatic carbocycles. The number of ether oxygens (including phenoxy) is 1. The average molecular weight is 452 g/mol. The average Bonchev–Trinajstić information content (AvgIpc) is 3.50. The van der Waals surface area contributed by atoms with Crippen LogP contribution in [0.4, 0.5) is 9.80 Å². The van der Waals surface area contributed by atoms with E-state index in [0.717, 1.165) is 16.0 Å². The molecule has 1 aliphatic rings. The predicted molar refractivity (Wildman–Crippen MR) is 116 cm³/mol. The normalized spacial score (nSPS) is 15.2. The van der Waals surface area contributed by atoms with E-state index in [9.17, 15) is 14.9 Å². The van der Waals surface area contributed by atoms with Gasteiger partial charge in [-0.1, -0.05) is 5.16 Å². The zero-order valence-electron chi connectivity index (χ0n) is 17.2. The van der Waals surface area contributed by atoms with Gasteiger partial charge >= 0.3 is 6.09 Å². The number of rotatable bonds is 6. The molecule has 10 heteroatoms. The molecule has 0 radical (unpaired) electrons. The number of nitrogens with one attached hydrogen (secondary N) is 2. The van der Waals surface area contributed by atoms with E-state index >= 15 is 0 Å². The summed E-state index contributed by atoms with van der Waals surface area (Å²) in [5.74, 6) is 0.331. The lowest BCUT2D eigenvalue weighted by atomic mass is 9.94. The largest absolute Gasteiger partial charge is 0.472 e. The van der Waals surface area contributed by atoms with Crippen molar-refractivity contribution in [2.24, 2.45) is 0 Å². The molecule has 0 bridgehead atoms. The number of nitrogens with zero attached hydrogens (tertiary/aromatic N) is 2. The van der Waals surface area contributed by atoms with E-state index in [0.29, 0.717) is 41.3 Å². The summed E-state index contributed by atoms with van der Waals surface area (Å²) in [4.78, 5) is 25.3. The van der Waals surface area contributed by atoms with Crippen LogP contribution >= 0.6 is 11.3 Å². The molecule has 3 aromatic rings. The Balaban J connectivity index is 1.35. The number of anilines is 1. The minimum absolute atomic E-state index is 0.217. The van der Waals surface area contributed by atoms with Gasteiger partial charge in [0.2, 0.25) is 5.91 Å². The molecule has 2 N–H and O–H groups in total. The van der Waals surface area contributed by atoms with E-state index < -0.39 is 6.09 Å². The first-order valence-electron chi connectivity index (χ1n) is 9.94. The van der Waals surface area contributed by atoms with E-state index in [1.54, 1.807) is 25.1 Å². The lowest BCUT2D eigenvalue weighted by molar-refractivity contribution is -0.111. The summed E-state index contributed by atoms with van der Waals surface area (Å²) in [6, 6.07) is 5.67. The molecular formula is C22H20N4O5S. The first-order chi connectivity index (χ1) is 15.5. The van der Waals surface area contributed by atoms with Gasteiger partial charge in [0, 0.05) is 29.0 Å². The number of alkyl carbamates (subject to hydrolysis) is 1. The quantitative estimate of drug-likeness (QED) is 0.542. The highest BCUT2D eigenvalue weighted by Crippen LogP contribution is 2.38. The Labute approximate surface area is 187 Å². The molecule has 0 aliphatic heterocycles.